The second-order valence-corrected chi connectivity index (χ2v) is 12.1. The molecule has 5 rings (SSSR count). The van der Waals surface area contributed by atoms with Gasteiger partial charge in [0.1, 0.15) is 29.7 Å². The van der Waals surface area contributed by atoms with Gasteiger partial charge in [-0.05, 0) is 72.2 Å². The van der Waals surface area contributed by atoms with Crippen molar-refractivity contribution in [1.82, 2.24) is 0 Å². The third-order valence-electron chi connectivity index (χ3n) is 8.01. The minimum Gasteiger partial charge on any atom is -0.487 e. The van der Waals surface area contributed by atoms with E-state index in [4.69, 9.17) is 22.1 Å². The standard InChI is InChI=1S/C33H30ClFN4O4/c1-18-11-19(2)22(12-20(18)17-43-29-10-9-21(35)13-24(29)34)30-23(16-36)32(37)38(25-7-5-6-8-26(25)39(41)42)27-14-33(3,4)15-28(40)31(27)30/h5-13,30H,14-15,17,37H2,1-4H3. The first-order chi connectivity index (χ1) is 20.3. The van der Waals surface area contributed by atoms with Crippen molar-refractivity contribution in [3.8, 4) is 11.8 Å². The zero-order chi connectivity index (χ0) is 31.2. The Morgan fingerprint density at radius 1 is 1.16 bits per heavy atom. The molecule has 3 aromatic carbocycles. The van der Waals surface area contributed by atoms with Crippen molar-refractivity contribution in [3.63, 3.8) is 0 Å². The van der Waals surface area contributed by atoms with E-state index in [1.807, 2.05) is 39.8 Å². The number of ketones is 1. The molecule has 0 saturated heterocycles. The topological polar surface area (TPSA) is 122 Å². The summed E-state index contributed by atoms with van der Waals surface area (Å²) in [6, 6.07) is 16.1. The second-order valence-electron chi connectivity index (χ2n) is 11.7. The van der Waals surface area contributed by atoms with Crippen LogP contribution in [-0.2, 0) is 11.4 Å². The second kappa shape index (κ2) is 11.2. The molecule has 43 heavy (non-hydrogen) atoms. The summed E-state index contributed by atoms with van der Waals surface area (Å²) in [4.78, 5) is 27.0. The van der Waals surface area contributed by atoms with Crippen LogP contribution in [0.1, 0.15) is 54.9 Å². The number of hydrogen-bond acceptors (Lipinski definition) is 7. The summed E-state index contributed by atoms with van der Waals surface area (Å²) in [6.07, 6.45) is 0.662. The lowest BCUT2D eigenvalue weighted by atomic mass is 9.68. The van der Waals surface area contributed by atoms with Gasteiger partial charge >= 0.3 is 0 Å². The monoisotopic (exact) mass is 600 g/mol. The van der Waals surface area contributed by atoms with Crippen molar-refractivity contribution in [2.75, 3.05) is 4.90 Å². The van der Waals surface area contributed by atoms with Gasteiger partial charge in [-0.2, -0.15) is 5.26 Å². The van der Waals surface area contributed by atoms with Gasteiger partial charge in [-0.15, -0.1) is 0 Å². The number of carbonyl (C=O) groups excluding carboxylic acids is 1. The number of nitriles is 1. The number of para-hydroxylation sites is 2. The predicted molar refractivity (Wildman–Crippen MR) is 162 cm³/mol. The Kier molecular flexibility index (Phi) is 7.76. The van der Waals surface area contributed by atoms with Crippen molar-refractivity contribution in [1.29, 1.82) is 5.26 Å². The van der Waals surface area contributed by atoms with Gasteiger partial charge in [0.05, 0.1) is 27.5 Å². The Hall–Kier alpha value is -4.68. The van der Waals surface area contributed by atoms with E-state index in [0.717, 1.165) is 16.7 Å². The number of nitrogens with zero attached hydrogens (tertiary/aromatic N) is 3. The highest BCUT2D eigenvalue weighted by Crippen LogP contribution is 2.52. The Balaban J connectivity index is 1.69. The van der Waals surface area contributed by atoms with Crippen LogP contribution in [0, 0.1) is 46.5 Å². The van der Waals surface area contributed by atoms with Crippen molar-refractivity contribution in [2.24, 2.45) is 11.1 Å². The number of hydrogen-bond donors (Lipinski definition) is 1. The van der Waals surface area contributed by atoms with Gasteiger partial charge in [0.2, 0.25) is 0 Å². The maximum absolute atomic E-state index is 14.0. The van der Waals surface area contributed by atoms with E-state index in [1.54, 1.807) is 18.2 Å². The molecule has 0 amide bonds. The van der Waals surface area contributed by atoms with Crippen LogP contribution < -0.4 is 15.4 Å². The van der Waals surface area contributed by atoms with Crippen molar-refractivity contribution >= 4 is 28.8 Å². The van der Waals surface area contributed by atoms with E-state index in [-0.39, 0.29) is 46.6 Å². The van der Waals surface area contributed by atoms with E-state index in [9.17, 15) is 24.6 Å². The Bertz CT molecular complexity index is 1790. The molecule has 0 bridgehead atoms. The van der Waals surface area contributed by atoms with Crippen molar-refractivity contribution < 1.29 is 18.8 Å². The largest absolute Gasteiger partial charge is 0.487 e. The Morgan fingerprint density at radius 2 is 1.88 bits per heavy atom. The number of nitro benzene ring substituents is 1. The number of rotatable bonds is 6. The molecule has 8 nitrogen and oxygen atoms in total. The van der Waals surface area contributed by atoms with Crippen LogP contribution in [0.5, 0.6) is 5.75 Å². The fourth-order valence-electron chi connectivity index (χ4n) is 6.03. The van der Waals surface area contributed by atoms with Crippen LogP contribution in [-0.4, -0.2) is 10.7 Å². The number of benzene rings is 3. The lowest BCUT2D eigenvalue weighted by Gasteiger charge is -2.43. The van der Waals surface area contributed by atoms with Crippen LogP contribution in [0.15, 0.2) is 77.3 Å². The van der Waals surface area contributed by atoms with Crippen molar-refractivity contribution in [3.05, 3.63) is 120 Å². The van der Waals surface area contributed by atoms with Gasteiger partial charge in [-0.25, -0.2) is 4.39 Å². The van der Waals surface area contributed by atoms with E-state index >= 15 is 0 Å². The Labute approximate surface area is 254 Å². The van der Waals surface area contributed by atoms with Gasteiger partial charge in [0.25, 0.3) is 5.69 Å². The number of anilines is 1. The number of ether oxygens (including phenoxy) is 1. The first kappa shape index (κ1) is 29.8. The molecule has 2 N–H and O–H groups in total. The quantitative estimate of drug-likeness (QED) is 0.229. The fourth-order valence-corrected chi connectivity index (χ4v) is 6.25. The van der Waals surface area contributed by atoms with Crippen LogP contribution in [0.25, 0.3) is 0 Å². The first-order valence-electron chi connectivity index (χ1n) is 13.7. The number of halogens is 2. The highest BCUT2D eigenvalue weighted by molar-refractivity contribution is 6.32. The smallest absolute Gasteiger partial charge is 0.293 e. The minimum atomic E-state index is -0.781. The number of nitrogens with two attached hydrogens (primary N) is 1. The van der Waals surface area contributed by atoms with Crippen LogP contribution in [0.2, 0.25) is 5.02 Å². The lowest BCUT2D eigenvalue weighted by molar-refractivity contribution is -0.384. The van der Waals surface area contributed by atoms with E-state index in [2.05, 4.69) is 6.07 Å². The molecule has 220 valence electrons. The van der Waals surface area contributed by atoms with Gasteiger partial charge < -0.3 is 10.5 Å². The summed E-state index contributed by atoms with van der Waals surface area (Å²) in [5, 5.41) is 22.6. The molecule has 1 unspecified atom stereocenters. The predicted octanol–water partition coefficient (Wildman–Crippen LogP) is 7.52. The van der Waals surface area contributed by atoms with Gasteiger partial charge in [-0.1, -0.05) is 49.7 Å². The molecule has 1 aliphatic carbocycles. The maximum Gasteiger partial charge on any atom is 0.293 e. The molecule has 3 aromatic rings. The summed E-state index contributed by atoms with van der Waals surface area (Å²) in [5.74, 6) is -1.04. The number of carbonyl (C=O) groups is 1. The van der Waals surface area contributed by atoms with Crippen molar-refractivity contribution in [2.45, 2.75) is 53.1 Å². The van der Waals surface area contributed by atoms with Crippen LogP contribution in [0.3, 0.4) is 0 Å². The molecule has 10 heteroatoms. The van der Waals surface area contributed by atoms with Gasteiger partial charge in [-0.3, -0.25) is 19.8 Å². The molecule has 0 aromatic heterocycles. The first-order valence-corrected chi connectivity index (χ1v) is 14.1. The third-order valence-corrected chi connectivity index (χ3v) is 8.31. The van der Waals surface area contributed by atoms with E-state index in [1.165, 1.54) is 29.2 Å². The summed E-state index contributed by atoms with van der Waals surface area (Å²) >= 11 is 6.17. The Morgan fingerprint density at radius 3 is 2.56 bits per heavy atom. The minimum absolute atomic E-state index is 0.0434. The lowest BCUT2D eigenvalue weighted by Crippen LogP contribution is -2.42. The van der Waals surface area contributed by atoms with E-state index in [0.29, 0.717) is 29.0 Å². The van der Waals surface area contributed by atoms with Gasteiger partial charge in [0, 0.05) is 23.8 Å². The van der Waals surface area contributed by atoms with Gasteiger partial charge in [0.15, 0.2) is 5.78 Å². The maximum atomic E-state index is 14.0. The molecular formula is C33H30ClFN4O4. The summed E-state index contributed by atoms with van der Waals surface area (Å²) in [6.45, 7) is 7.86. The van der Waals surface area contributed by atoms with E-state index < -0.39 is 22.1 Å². The number of aryl methyl sites for hydroxylation is 2. The number of Topliss-reactive ketones (excluding diaryl/α,β-unsaturated/α-hetero) is 1. The molecule has 1 aliphatic heterocycles. The average molecular weight is 601 g/mol. The molecule has 0 radical (unpaired) electrons. The summed E-state index contributed by atoms with van der Waals surface area (Å²) < 4.78 is 19.5. The van der Waals surface area contributed by atoms with Crippen LogP contribution >= 0.6 is 11.6 Å². The molecular weight excluding hydrogens is 571 g/mol. The fraction of sp³-hybridized carbons (Fsp3) is 0.273. The normalized spacial score (nSPS) is 17.9. The zero-order valence-corrected chi connectivity index (χ0v) is 25.0. The number of allylic oxidation sites excluding steroid dienone is 3. The molecule has 0 spiro atoms. The summed E-state index contributed by atoms with van der Waals surface area (Å²) in [5.41, 5.74) is 10.6. The zero-order valence-electron chi connectivity index (χ0n) is 24.2. The molecule has 1 atom stereocenters. The SMILES string of the molecule is Cc1cc(C)c(C2C(C#N)=C(N)N(c3ccccc3[N+](=O)[O-])C3=C2C(=O)CC(C)(C)C3)cc1COc1ccc(F)cc1Cl. The summed E-state index contributed by atoms with van der Waals surface area (Å²) in [7, 11) is 0. The number of nitro groups is 1. The molecule has 2 aliphatic rings. The highest BCUT2D eigenvalue weighted by Gasteiger charge is 2.46. The molecule has 1 heterocycles. The van der Waals surface area contributed by atoms with Crippen LogP contribution in [0.4, 0.5) is 15.8 Å². The third kappa shape index (κ3) is 5.46. The highest BCUT2D eigenvalue weighted by atomic mass is 35.5. The average Bonchev–Trinajstić information content (AvgIpc) is 2.92. The molecule has 0 saturated carbocycles. The molecule has 0 fully saturated rings.